The van der Waals surface area contributed by atoms with Crippen molar-refractivity contribution in [2.45, 2.75) is 25.0 Å². The first-order chi connectivity index (χ1) is 13.1. The number of aliphatic hydroxyl groups excluding tert-OH is 1. The minimum atomic E-state index is -0.833. The van der Waals surface area contributed by atoms with Gasteiger partial charge in [-0.2, -0.15) is 0 Å². The maximum absolute atomic E-state index is 13.4. The molecule has 1 amide bonds. The quantitative estimate of drug-likeness (QED) is 0.817. The lowest BCUT2D eigenvalue weighted by Crippen LogP contribution is -2.37. The predicted molar refractivity (Wildman–Crippen MR) is 92.5 cm³/mol. The Morgan fingerprint density at radius 2 is 2.04 bits per heavy atom. The van der Waals surface area contributed by atoms with Crippen LogP contribution in [0.5, 0.6) is 0 Å². The van der Waals surface area contributed by atoms with E-state index in [-0.39, 0.29) is 24.0 Å². The highest BCUT2D eigenvalue weighted by atomic mass is 19.1. The number of Topliss-reactive ketones (excluding diaryl/α,β-unsaturated/α-hetero) is 1. The van der Waals surface area contributed by atoms with E-state index in [2.05, 4.69) is 0 Å². The Morgan fingerprint density at radius 3 is 2.67 bits per heavy atom. The van der Waals surface area contributed by atoms with Crippen LogP contribution < -0.4 is 0 Å². The molecule has 0 aliphatic carbocycles. The zero-order valence-electron chi connectivity index (χ0n) is 14.4. The van der Waals surface area contributed by atoms with Gasteiger partial charge in [-0.15, -0.1) is 0 Å². The molecule has 4 rings (SSSR count). The fourth-order valence-corrected chi connectivity index (χ4v) is 3.61. The minimum Gasteiger partial charge on any atom is -0.503 e. The van der Waals surface area contributed by atoms with Crippen molar-refractivity contribution in [1.82, 2.24) is 4.90 Å². The topological polar surface area (TPSA) is 80.0 Å². The van der Waals surface area contributed by atoms with Crippen LogP contribution in [0.4, 0.5) is 4.39 Å². The Balaban J connectivity index is 1.75. The van der Waals surface area contributed by atoms with Gasteiger partial charge < -0.3 is 19.2 Å². The van der Waals surface area contributed by atoms with Gasteiger partial charge in [0.15, 0.2) is 11.5 Å². The number of nitrogens with zero attached hydrogens (tertiary/aromatic N) is 1. The third-order valence-electron chi connectivity index (χ3n) is 4.90. The minimum absolute atomic E-state index is 0.0235. The summed E-state index contributed by atoms with van der Waals surface area (Å²) in [6, 6.07) is 7.71. The van der Waals surface area contributed by atoms with Gasteiger partial charge in [-0.1, -0.05) is 12.1 Å². The summed E-state index contributed by atoms with van der Waals surface area (Å²) in [6.07, 6.45) is 2.87. The monoisotopic (exact) mass is 371 g/mol. The first-order valence-corrected chi connectivity index (χ1v) is 8.75. The molecule has 0 saturated carbocycles. The number of carbonyl (C=O) groups is 2. The van der Waals surface area contributed by atoms with E-state index in [1.165, 1.54) is 41.5 Å². The number of carbonyl (C=O) groups excluding carboxylic acids is 2. The van der Waals surface area contributed by atoms with Crippen molar-refractivity contribution in [3.63, 3.8) is 0 Å². The van der Waals surface area contributed by atoms with Crippen LogP contribution in [-0.2, 0) is 9.53 Å². The summed E-state index contributed by atoms with van der Waals surface area (Å²) in [6.45, 7) is 0.853. The van der Waals surface area contributed by atoms with Gasteiger partial charge in [0.25, 0.3) is 5.91 Å². The number of ether oxygens (including phenoxy) is 1. The van der Waals surface area contributed by atoms with E-state index in [0.717, 1.165) is 12.8 Å². The van der Waals surface area contributed by atoms with Crippen LogP contribution >= 0.6 is 0 Å². The summed E-state index contributed by atoms with van der Waals surface area (Å²) in [5, 5.41) is 10.5. The van der Waals surface area contributed by atoms with Crippen LogP contribution in [0.2, 0.25) is 0 Å². The van der Waals surface area contributed by atoms with Crippen LogP contribution in [0, 0.1) is 5.82 Å². The van der Waals surface area contributed by atoms with Gasteiger partial charge in [0.05, 0.1) is 24.0 Å². The molecule has 2 atom stereocenters. The van der Waals surface area contributed by atoms with Gasteiger partial charge in [-0.3, -0.25) is 9.59 Å². The molecule has 0 radical (unpaired) electrons. The predicted octanol–water partition coefficient (Wildman–Crippen LogP) is 3.18. The standard InChI is InChI=1S/C20H18FNO5/c21-13-7-5-12(6-8-13)17-16(18(23)15-4-2-10-27-15)19(24)20(25)22(17)11-14-3-1-9-26-14/h2,4-8,10,14,17,24H,1,3,9,11H2. The average Bonchev–Trinajstić information content (AvgIpc) is 3.41. The third kappa shape index (κ3) is 3.14. The highest BCUT2D eigenvalue weighted by Crippen LogP contribution is 2.39. The second-order valence-corrected chi connectivity index (χ2v) is 6.62. The van der Waals surface area contributed by atoms with Crippen molar-refractivity contribution >= 4 is 11.7 Å². The smallest absolute Gasteiger partial charge is 0.290 e. The van der Waals surface area contributed by atoms with E-state index in [4.69, 9.17) is 9.15 Å². The number of furan rings is 1. The summed E-state index contributed by atoms with van der Waals surface area (Å²) in [7, 11) is 0. The van der Waals surface area contributed by atoms with Crippen LogP contribution in [0.1, 0.15) is 35.0 Å². The SMILES string of the molecule is O=C(C1=C(O)C(=O)N(CC2CCCO2)C1c1ccc(F)cc1)c1ccco1. The van der Waals surface area contributed by atoms with Crippen molar-refractivity contribution in [2.24, 2.45) is 0 Å². The number of rotatable bonds is 5. The highest BCUT2D eigenvalue weighted by molar-refractivity contribution is 6.15. The Bertz CT molecular complexity index is 882. The normalized spacial score (nSPS) is 22.7. The van der Waals surface area contributed by atoms with E-state index in [1.54, 1.807) is 6.07 Å². The molecule has 1 saturated heterocycles. The Kier molecular flexibility index (Phi) is 4.53. The number of halogens is 1. The van der Waals surface area contributed by atoms with Crippen LogP contribution in [0.25, 0.3) is 0 Å². The molecule has 6 nitrogen and oxygen atoms in total. The number of benzene rings is 1. The summed E-state index contributed by atoms with van der Waals surface area (Å²) < 4.78 is 24.2. The number of hydrogen-bond donors (Lipinski definition) is 1. The molecule has 7 heteroatoms. The summed E-state index contributed by atoms with van der Waals surface area (Å²) in [5.41, 5.74) is 0.459. The Hall–Kier alpha value is -2.93. The van der Waals surface area contributed by atoms with Gasteiger partial charge in [0.2, 0.25) is 5.78 Å². The van der Waals surface area contributed by atoms with E-state index in [1.807, 2.05) is 0 Å². The van der Waals surface area contributed by atoms with Crippen LogP contribution in [0.3, 0.4) is 0 Å². The molecule has 3 heterocycles. The second kappa shape index (κ2) is 7.00. The van der Waals surface area contributed by atoms with E-state index >= 15 is 0 Å². The molecule has 0 bridgehead atoms. The molecular weight excluding hydrogens is 353 g/mol. The number of ketones is 1. The Morgan fingerprint density at radius 1 is 1.26 bits per heavy atom. The van der Waals surface area contributed by atoms with E-state index < -0.39 is 29.3 Å². The number of aliphatic hydroxyl groups is 1. The van der Waals surface area contributed by atoms with Gasteiger partial charge in [-0.25, -0.2) is 4.39 Å². The first kappa shape index (κ1) is 17.5. The van der Waals surface area contributed by atoms with E-state index in [0.29, 0.717) is 12.2 Å². The maximum Gasteiger partial charge on any atom is 0.290 e. The first-order valence-electron chi connectivity index (χ1n) is 8.75. The molecule has 1 aromatic carbocycles. The largest absolute Gasteiger partial charge is 0.503 e. The maximum atomic E-state index is 13.4. The lowest BCUT2D eigenvalue weighted by atomic mass is 9.95. The van der Waals surface area contributed by atoms with Crippen LogP contribution in [-0.4, -0.2) is 41.0 Å². The molecule has 1 N–H and O–H groups in total. The van der Waals surface area contributed by atoms with Gasteiger partial charge >= 0.3 is 0 Å². The lowest BCUT2D eigenvalue weighted by Gasteiger charge is -2.28. The van der Waals surface area contributed by atoms with Crippen molar-refractivity contribution in [1.29, 1.82) is 0 Å². The Labute approximate surface area is 154 Å². The zero-order chi connectivity index (χ0) is 19.0. The summed E-state index contributed by atoms with van der Waals surface area (Å²) >= 11 is 0. The van der Waals surface area contributed by atoms with Crippen LogP contribution in [0.15, 0.2) is 58.4 Å². The molecule has 140 valence electrons. The third-order valence-corrected chi connectivity index (χ3v) is 4.90. The van der Waals surface area contributed by atoms with Crippen molar-refractivity contribution in [3.05, 3.63) is 71.1 Å². The number of amides is 1. The summed E-state index contributed by atoms with van der Waals surface area (Å²) in [5.74, 6) is -2.23. The summed E-state index contributed by atoms with van der Waals surface area (Å²) in [4.78, 5) is 27.0. The molecular formula is C20H18FNO5. The van der Waals surface area contributed by atoms with Crippen molar-refractivity contribution in [3.8, 4) is 0 Å². The molecule has 2 unspecified atom stereocenters. The molecule has 2 aliphatic heterocycles. The second-order valence-electron chi connectivity index (χ2n) is 6.62. The van der Waals surface area contributed by atoms with Gasteiger partial charge in [-0.05, 0) is 42.7 Å². The molecule has 1 aromatic heterocycles. The molecule has 2 aliphatic rings. The molecule has 1 fully saturated rings. The van der Waals surface area contributed by atoms with Crippen molar-refractivity contribution < 1.29 is 28.2 Å². The van der Waals surface area contributed by atoms with Gasteiger partial charge in [0, 0.05) is 13.2 Å². The lowest BCUT2D eigenvalue weighted by molar-refractivity contribution is -0.131. The fourth-order valence-electron chi connectivity index (χ4n) is 3.61. The fraction of sp³-hybridized carbons (Fsp3) is 0.300. The van der Waals surface area contributed by atoms with E-state index in [9.17, 15) is 19.1 Å². The average molecular weight is 371 g/mol. The highest BCUT2D eigenvalue weighted by Gasteiger charge is 2.45. The zero-order valence-corrected chi connectivity index (χ0v) is 14.4. The number of hydrogen-bond acceptors (Lipinski definition) is 5. The molecule has 2 aromatic rings. The van der Waals surface area contributed by atoms with Crippen molar-refractivity contribution in [2.75, 3.05) is 13.2 Å². The molecule has 0 spiro atoms. The molecule has 27 heavy (non-hydrogen) atoms. The van der Waals surface area contributed by atoms with Gasteiger partial charge in [0.1, 0.15) is 5.82 Å².